The van der Waals surface area contributed by atoms with Gasteiger partial charge < -0.3 is 4.90 Å². The van der Waals surface area contributed by atoms with Crippen LogP contribution in [0, 0.1) is 6.92 Å². The van der Waals surface area contributed by atoms with Gasteiger partial charge in [-0.05, 0) is 50.4 Å². The van der Waals surface area contributed by atoms with Crippen LogP contribution in [-0.4, -0.2) is 36.6 Å². The number of nitrogens with zero attached hydrogens (tertiary/aromatic N) is 2. The predicted octanol–water partition coefficient (Wildman–Crippen LogP) is 4.75. The van der Waals surface area contributed by atoms with E-state index in [2.05, 4.69) is 22.8 Å². The van der Waals surface area contributed by atoms with Gasteiger partial charge in [-0.1, -0.05) is 36.5 Å². The summed E-state index contributed by atoms with van der Waals surface area (Å²) in [4.78, 5) is 5.18. The summed E-state index contributed by atoms with van der Waals surface area (Å²) < 4.78 is 0. The number of anilines is 1. The zero-order chi connectivity index (χ0) is 15.0. The third-order valence-electron chi connectivity index (χ3n) is 5.05. The van der Waals surface area contributed by atoms with Gasteiger partial charge in [0.25, 0.3) is 0 Å². The van der Waals surface area contributed by atoms with E-state index in [9.17, 15) is 0 Å². The molecule has 0 aromatic heterocycles. The van der Waals surface area contributed by atoms with Crippen LogP contribution in [0.4, 0.5) is 5.69 Å². The lowest BCUT2D eigenvalue weighted by Gasteiger charge is -2.49. The number of hydrogen-bond donors (Lipinski definition) is 0. The van der Waals surface area contributed by atoms with Gasteiger partial charge in [-0.2, -0.15) is 0 Å². The van der Waals surface area contributed by atoms with Crippen molar-refractivity contribution in [1.82, 2.24) is 4.90 Å². The van der Waals surface area contributed by atoms with Crippen LogP contribution in [0.1, 0.15) is 38.2 Å². The molecule has 0 N–H and O–H groups in total. The lowest BCUT2D eigenvalue weighted by molar-refractivity contribution is 0.111. The van der Waals surface area contributed by atoms with E-state index >= 15 is 0 Å². The summed E-state index contributed by atoms with van der Waals surface area (Å²) in [5.74, 6) is 0. The van der Waals surface area contributed by atoms with Crippen LogP contribution >= 0.6 is 23.2 Å². The SMILES string of the molecule is CCC1CN2CCCCC2CN1c1cc(Cl)c(C)cc1Cl. The Balaban J connectivity index is 1.90. The third kappa shape index (κ3) is 3.04. The van der Waals surface area contributed by atoms with Gasteiger partial charge in [0, 0.05) is 30.2 Å². The number of aryl methyl sites for hydroxylation is 1. The fourth-order valence-electron chi connectivity index (χ4n) is 3.75. The van der Waals surface area contributed by atoms with Gasteiger partial charge in [0.15, 0.2) is 0 Å². The minimum atomic E-state index is 0.538. The van der Waals surface area contributed by atoms with Gasteiger partial charge >= 0.3 is 0 Å². The molecule has 2 saturated heterocycles. The summed E-state index contributed by atoms with van der Waals surface area (Å²) in [6.45, 7) is 7.78. The molecule has 21 heavy (non-hydrogen) atoms. The van der Waals surface area contributed by atoms with E-state index in [4.69, 9.17) is 23.2 Å². The summed E-state index contributed by atoms with van der Waals surface area (Å²) in [5, 5.41) is 1.65. The van der Waals surface area contributed by atoms with E-state index in [1.165, 1.54) is 25.8 Å². The first-order chi connectivity index (χ1) is 10.1. The maximum atomic E-state index is 6.52. The van der Waals surface area contributed by atoms with Crippen LogP contribution in [0.25, 0.3) is 0 Å². The Kier molecular flexibility index (Phi) is 4.68. The molecule has 2 atom stereocenters. The first-order valence-electron chi connectivity index (χ1n) is 8.06. The molecule has 1 aromatic rings. The number of hydrogen-bond acceptors (Lipinski definition) is 2. The van der Waals surface area contributed by atoms with Crippen LogP contribution in [0.3, 0.4) is 0 Å². The molecule has 4 heteroatoms. The fraction of sp³-hybridized carbons (Fsp3) is 0.647. The molecule has 116 valence electrons. The molecule has 0 aliphatic carbocycles. The van der Waals surface area contributed by atoms with Crippen molar-refractivity contribution in [2.75, 3.05) is 24.5 Å². The average molecular weight is 327 g/mol. The van der Waals surface area contributed by atoms with E-state index in [1.807, 2.05) is 13.0 Å². The highest BCUT2D eigenvalue weighted by atomic mass is 35.5. The predicted molar refractivity (Wildman–Crippen MR) is 91.8 cm³/mol. The first-order valence-corrected chi connectivity index (χ1v) is 8.82. The molecule has 0 amide bonds. The number of benzene rings is 1. The van der Waals surface area contributed by atoms with Gasteiger partial charge in [-0.3, -0.25) is 4.90 Å². The Labute approximate surface area is 138 Å². The summed E-state index contributed by atoms with van der Waals surface area (Å²) in [6.07, 6.45) is 5.16. The van der Waals surface area contributed by atoms with Gasteiger partial charge in [0.1, 0.15) is 0 Å². The van der Waals surface area contributed by atoms with Crippen molar-refractivity contribution in [1.29, 1.82) is 0 Å². The quantitative estimate of drug-likeness (QED) is 0.773. The van der Waals surface area contributed by atoms with Crippen molar-refractivity contribution in [2.45, 2.75) is 51.6 Å². The Hall–Kier alpha value is -0.440. The molecule has 2 nitrogen and oxygen atoms in total. The third-order valence-corrected chi connectivity index (χ3v) is 5.76. The van der Waals surface area contributed by atoms with Crippen LogP contribution in [0.15, 0.2) is 12.1 Å². The molecule has 2 unspecified atom stereocenters. The van der Waals surface area contributed by atoms with Gasteiger partial charge in [0.2, 0.25) is 0 Å². The zero-order valence-corrected chi connectivity index (χ0v) is 14.4. The number of halogens is 2. The van der Waals surface area contributed by atoms with Gasteiger partial charge in [0.05, 0.1) is 10.7 Å². The van der Waals surface area contributed by atoms with Crippen molar-refractivity contribution in [3.05, 3.63) is 27.7 Å². The highest BCUT2D eigenvalue weighted by Crippen LogP contribution is 2.36. The standard InChI is InChI=1S/C17H24Cl2N2/c1-3-13-10-20-7-5-4-6-14(20)11-21(13)17-9-15(18)12(2)8-16(17)19/h8-9,13-14H,3-7,10-11H2,1-2H3. The smallest absolute Gasteiger partial charge is 0.0643 e. The van der Waals surface area contributed by atoms with Crippen LogP contribution in [0.5, 0.6) is 0 Å². The maximum absolute atomic E-state index is 6.52. The second-order valence-electron chi connectivity index (χ2n) is 6.41. The van der Waals surface area contributed by atoms with E-state index in [0.29, 0.717) is 12.1 Å². The fourth-order valence-corrected chi connectivity index (χ4v) is 4.24. The molecule has 2 aliphatic rings. The van der Waals surface area contributed by atoms with Crippen molar-refractivity contribution in [2.24, 2.45) is 0 Å². The van der Waals surface area contributed by atoms with E-state index in [0.717, 1.165) is 40.8 Å². The molecule has 0 spiro atoms. The summed E-state index contributed by atoms with van der Waals surface area (Å²) in [6, 6.07) is 5.27. The molecular formula is C17H24Cl2N2. The number of piperidine rings is 1. The molecule has 2 aliphatic heterocycles. The molecular weight excluding hydrogens is 303 g/mol. The van der Waals surface area contributed by atoms with Gasteiger partial charge in [-0.15, -0.1) is 0 Å². The highest BCUT2D eigenvalue weighted by molar-refractivity contribution is 6.35. The number of piperazine rings is 1. The molecule has 2 heterocycles. The highest BCUT2D eigenvalue weighted by Gasteiger charge is 2.35. The van der Waals surface area contributed by atoms with Gasteiger partial charge in [-0.25, -0.2) is 0 Å². The summed E-state index contributed by atoms with van der Waals surface area (Å²) >= 11 is 12.9. The van der Waals surface area contributed by atoms with Crippen LogP contribution in [-0.2, 0) is 0 Å². The zero-order valence-electron chi connectivity index (χ0n) is 12.9. The lowest BCUT2D eigenvalue weighted by atomic mass is 9.95. The molecule has 1 aromatic carbocycles. The number of rotatable bonds is 2. The Morgan fingerprint density at radius 2 is 1.95 bits per heavy atom. The Bertz CT molecular complexity index is 518. The van der Waals surface area contributed by atoms with Crippen molar-refractivity contribution in [3.63, 3.8) is 0 Å². The lowest BCUT2D eigenvalue weighted by Crippen LogP contribution is -2.59. The Morgan fingerprint density at radius 3 is 2.71 bits per heavy atom. The maximum Gasteiger partial charge on any atom is 0.0643 e. The molecule has 0 radical (unpaired) electrons. The Morgan fingerprint density at radius 1 is 1.14 bits per heavy atom. The van der Waals surface area contributed by atoms with E-state index in [1.54, 1.807) is 0 Å². The van der Waals surface area contributed by atoms with E-state index < -0.39 is 0 Å². The van der Waals surface area contributed by atoms with Crippen molar-refractivity contribution < 1.29 is 0 Å². The molecule has 0 bridgehead atoms. The second kappa shape index (κ2) is 6.36. The van der Waals surface area contributed by atoms with Crippen LogP contribution < -0.4 is 4.90 Å². The topological polar surface area (TPSA) is 6.48 Å². The molecule has 2 fully saturated rings. The molecule has 3 rings (SSSR count). The normalized spacial score (nSPS) is 26.8. The summed E-state index contributed by atoms with van der Waals surface area (Å²) in [7, 11) is 0. The first kappa shape index (κ1) is 15.5. The minimum absolute atomic E-state index is 0.538. The minimum Gasteiger partial charge on any atom is -0.364 e. The van der Waals surface area contributed by atoms with Crippen molar-refractivity contribution >= 4 is 28.9 Å². The van der Waals surface area contributed by atoms with Crippen LogP contribution in [0.2, 0.25) is 10.0 Å². The summed E-state index contributed by atoms with van der Waals surface area (Å²) in [5.41, 5.74) is 2.17. The second-order valence-corrected chi connectivity index (χ2v) is 7.23. The number of fused-ring (bicyclic) bond motifs is 1. The molecule has 0 saturated carbocycles. The van der Waals surface area contributed by atoms with Crippen molar-refractivity contribution in [3.8, 4) is 0 Å². The monoisotopic (exact) mass is 326 g/mol. The average Bonchev–Trinajstić information content (AvgIpc) is 2.49. The largest absolute Gasteiger partial charge is 0.364 e. The van der Waals surface area contributed by atoms with E-state index in [-0.39, 0.29) is 0 Å².